The fourth-order valence-corrected chi connectivity index (χ4v) is 2.43. The highest BCUT2D eigenvalue weighted by atomic mass is 16.7. The highest BCUT2D eigenvalue weighted by molar-refractivity contribution is 5.81. The molecule has 0 spiro atoms. The summed E-state index contributed by atoms with van der Waals surface area (Å²) in [6.45, 7) is 0.277. The maximum atomic E-state index is 5.37. The van der Waals surface area contributed by atoms with Gasteiger partial charge in [-0.2, -0.15) is 0 Å². The summed E-state index contributed by atoms with van der Waals surface area (Å²) in [6.07, 6.45) is 3.88. The van der Waals surface area contributed by atoms with Crippen molar-refractivity contribution in [2.45, 2.75) is 0 Å². The molecule has 0 amide bonds. The molecule has 4 nitrogen and oxygen atoms in total. The van der Waals surface area contributed by atoms with E-state index in [1.165, 1.54) is 0 Å². The van der Waals surface area contributed by atoms with Gasteiger partial charge in [0.05, 0.1) is 17.6 Å². The van der Waals surface area contributed by atoms with Crippen molar-refractivity contribution in [3.63, 3.8) is 0 Å². The zero-order chi connectivity index (χ0) is 14.8. The summed E-state index contributed by atoms with van der Waals surface area (Å²) in [5, 5.41) is 0. The van der Waals surface area contributed by atoms with Crippen LogP contribution in [0.1, 0.15) is 5.69 Å². The molecule has 0 bridgehead atoms. The highest BCUT2D eigenvalue weighted by Gasteiger charge is 2.12. The predicted octanol–water partition coefficient (Wildman–Crippen LogP) is 3.96. The van der Waals surface area contributed by atoms with Gasteiger partial charge >= 0.3 is 0 Å². The third-order valence-electron chi connectivity index (χ3n) is 3.52. The van der Waals surface area contributed by atoms with Crippen molar-refractivity contribution in [3.05, 3.63) is 72.6 Å². The molecular formula is C18H14N2O2. The number of benzene rings is 2. The number of aliphatic imine (C=N–C) groups is 1. The van der Waals surface area contributed by atoms with Crippen LogP contribution in [0.4, 0.5) is 5.69 Å². The summed E-state index contributed by atoms with van der Waals surface area (Å²) in [5.41, 5.74) is 2.97. The van der Waals surface area contributed by atoms with Crippen molar-refractivity contribution in [2.75, 3.05) is 6.79 Å². The molecule has 4 rings (SSSR count). The molecular weight excluding hydrogens is 276 g/mol. The molecule has 22 heavy (non-hydrogen) atoms. The summed E-state index contributed by atoms with van der Waals surface area (Å²) in [5.74, 6) is 1.51. The summed E-state index contributed by atoms with van der Waals surface area (Å²) in [6, 6.07) is 19.9. The average molecular weight is 290 g/mol. The molecule has 2 aromatic carbocycles. The van der Waals surface area contributed by atoms with E-state index in [0.29, 0.717) is 0 Å². The predicted molar refractivity (Wildman–Crippen MR) is 85.6 cm³/mol. The van der Waals surface area contributed by atoms with Gasteiger partial charge in [-0.1, -0.05) is 18.2 Å². The third-order valence-corrected chi connectivity index (χ3v) is 3.52. The highest BCUT2D eigenvalue weighted by Crippen LogP contribution is 2.35. The Morgan fingerprint density at radius 2 is 1.77 bits per heavy atom. The van der Waals surface area contributed by atoms with Crippen LogP contribution in [0.25, 0.3) is 5.69 Å². The largest absolute Gasteiger partial charge is 0.454 e. The monoisotopic (exact) mass is 290 g/mol. The van der Waals surface area contributed by atoms with Gasteiger partial charge in [0, 0.05) is 18.0 Å². The molecule has 0 saturated heterocycles. The van der Waals surface area contributed by atoms with E-state index in [1.54, 1.807) is 0 Å². The molecule has 0 saturated carbocycles. The van der Waals surface area contributed by atoms with Crippen molar-refractivity contribution in [3.8, 4) is 17.2 Å². The van der Waals surface area contributed by atoms with E-state index < -0.39 is 0 Å². The minimum absolute atomic E-state index is 0.277. The van der Waals surface area contributed by atoms with Crippen molar-refractivity contribution in [1.29, 1.82) is 0 Å². The summed E-state index contributed by atoms with van der Waals surface area (Å²) < 4.78 is 12.8. The number of nitrogens with zero attached hydrogens (tertiary/aromatic N) is 2. The lowest BCUT2D eigenvalue weighted by atomic mass is 10.3. The minimum Gasteiger partial charge on any atom is -0.454 e. The zero-order valence-corrected chi connectivity index (χ0v) is 11.8. The Hall–Kier alpha value is -3.01. The number of rotatable bonds is 3. The maximum absolute atomic E-state index is 5.37. The van der Waals surface area contributed by atoms with Crippen molar-refractivity contribution >= 4 is 11.9 Å². The van der Waals surface area contributed by atoms with Crippen LogP contribution in [-0.2, 0) is 0 Å². The Bertz CT molecular complexity index is 822. The first-order chi connectivity index (χ1) is 10.9. The Morgan fingerprint density at radius 3 is 2.68 bits per heavy atom. The smallest absolute Gasteiger partial charge is 0.231 e. The van der Waals surface area contributed by atoms with E-state index >= 15 is 0 Å². The first-order valence-electron chi connectivity index (χ1n) is 7.07. The van der Waals surface area contributed by atoms with Gasteiger partial charge in [0.2, 0.25) is 6.79 Å². The minimum atomic E-state index is 0.277. The van der Waals surface area contributed by atoms with Crippen LogP contribution in [0.15, 0.2) is 71.9 Å². The van der Waals surface area contributed by atoms with E-state index in [9.17, 15) is 0 Å². The number of hydrogen-bond donors (Lipinski definition) is 0. The molecule has 0 radical (unpaired) electrons. The maximum Gasteiger partial charge on any atom is 0.231 e. The van der Waals surface area contributed by atoms with E-state index in [1.807, 2.05) is 60.9 Å². The van der Waals surface area contributed by atoms with E-state index in [-0.39, 0.29) is 6.79 Å². The fraction of sp³-hybridized carbons (Fsp3) is 0.0556. The molecule has 3 aromatic rings. The van der Waals surface area contributed by atoms with Crippen LogP contribution in [0, 0.1) is 0 Å². The number of ether oxygens (including phenoxy) is 2. The Morgan fingerprint density at radius 1 is 0.909 bits per heavy atom. The van der Waals surface area contributed by atoms with Crippen molar-refractivity contribution in [2.24, 2.45) is 4.99 Å². The van der Waals surface area contributed by atoms with E-state index in [0.717, 1.165) is 28.6 Å². The van der Waals surface area contributed by atoms with Gasteiger partial charge in [0.25, 0.3) is 0 Å². The first kappa shape index (κ1) is 12.7. The molecule has 0 atom stereocenters. The number of aromatic nitrogens is 1. The fourth-order valence-electron chi connectivity index (χ4n) is 2.43. The van der Waals surface area contributed by atoms with Gasteiger partial charge < -0.3 is 14.0 Å². The molecule has 4 heteroatoms. The number of fused-ring (bicyclic) bond motifs is 1. The number of para-hydroxylation sites is 1. The van der Waals surface area contributed by atoms with Gasteiger partial charge in [-0.25, -0.2) is 0 Å². The molecule has 1 aliphatic heterocycles. The van der Waals surface area contributed by atoms with Crippen LogP contribution in [0.2, 0.25) is 0 Å². The van der Waals surface area contributed by atoms with Crippen LogP contribution in [-0.4, -0.2) is 17.6 Å². The van der Waals surface area contributed by atoms with Gasteiger partial charge in [0.1, 0.15) is 0 Å². The quantitative estimate of drug-likeness (QED) is 0.685. The second-order valence-corrected chi connectivity index (χ2v) is 4.93. The topological polar surface area (TPSA) is 35.8 Å². The van der Waals surface area contributed by atoms with Gasteiger partial charge in [-0.15, -0.1) is 0 Å². The van der Waals surface area contributed by atoms with Gasteiger partial charge in [0.15, 0.2) is 11.5 Å². The second kappa shape index (κ2) is 5.41. The molecule has 0 unspecified atom stereocenters. The second-order valence-electron chi connectivity index (χ2n) is 4.93. The molecule has 108 valence electrons. The first-order valence-corrected chi connectivity index (χ1v) is 7.07. The summed E-state index contributed by atoms with van der Waals surface area (Å²) in [7, 11) is 0. The van der Waals surface area contributed by atoms with Crippen molar-refractivity contribution in [1.82, 2.24) is 4.57 Å². The van der Waals surface area contributed by atoms with Gasteiger partial charge in [-0.05, 0) is 36.4 Å². The lowest BCUT2D eigenvalue weighted by Gasteiger charge is -2.05. The average Bonchev–Trinajstić information content (AvgIpc) is 3.22. The molecule has 1 aromatic heterocycles. The van der Waals surface area contributed by atoms with Crippen LogP contribution >= 0.6 is 0 Å². The Balaban J connectivity index is 1.63. The molecule has 0 aliphatic carbocycles. The van der Waals surface area contributed by atoms with Crippen molar-refractivity contribution < 1.29 is 9.47 Å². The lowest BCUT2D eigenvalue weighted by molar-refractivity contribution is 0.174. The standard InChI is InChI=1S/C18H14N2O2/c1-2-5-15(6-3-1)20-10-4-7-16(20)12-19-14-8-9-17-18(11-14)22-13-21-17/h1-12H,13H2. The van der Waals surface area contributed by atoms with E-state index in [2.05, 4.69) is 21.7 Å². The SMILES string of the molecule is C(=Nc1ccc2c(c1)OCO2)c1cccn1-c1ccccc1. The van der Waals surface area contributed by atoms with Gasteiger partial charge in [-0.3, -0.25) is 4.99 Å². The van der Waals surface area contributed by atoms with Crippen LogP contribution < -0.4 is 9.47 Å². The normalized spacial score (nSPS) is 12.9. The number of hydrogen-bond acceptors (Lipinski definition) is 3. The zero-order valence-electron chi connectivity index (χ0n) is 11.8. The van der Waals surface area contributed by atoms with E-state index in [4.69, 9.17) is 9.47 Å². The lowest BCUT2D eigenvalue weighted by Crippen LogP contribution is -1.97. The van der Waals surface area contributed by atoms with Crippen LogP contribution in [0.3, 0.4) is 0 Å². The third kappa shape index (κ3) is 2.35. The Labute approximate surface area is 128 Å². The summed E-state index contributed by atoms with van der Waals surface area (Å²) in [4.78, 5) is 4.53. The molecule has 0 fully saturated rings. The Kier molecular flexibility index (Phi) is 3.12. The van der Waals surface area contributed by atoms with Crippen LogP contribution in [0.5, 0.6) is 11.5 Å². The molecule has 2 heterocycles. The molecule has 1 aliphatic rings. The summed E-state index contributed by atoms with van der Waals surface area (Å²) >= 11 is 0. The molecule has 0 N–H and O–H groups in total.